The van der Waals surface area contributed by atoms with E-state index in [0.717, 1.165) is 22.3 Å². The number of aliphatic carboxylic acids is 1. The maximum Gasteiger partial charge on any atom is 0.315 e. The van der Waals surface area contributed by atoms with Crippen LogP contribution < -0.4 is 4.74 Å². The van der Waals surface area contributed by atoms with Crippen molar-refractivity contribution in [3.63, 3.8) is 0 Å². The number of carboxylic acids is 1. The molecule has 4 aromatic carbocycles. The minimum absolute atomic E-state index is 0.410. The van der Waals surface area contributed by atoms with E-state index < -0.39 is 35.6 Å². The first-order valence-electron chi connectivity index (χ1n) is 11.3. The van der Waals surface area contributed by atoms with Crippen LogP contribution >= 0.6 is 0 Å². The second kappa shape index (κ2) is 9.36. The Morgan fingerprint density at radius 2 is 1.00 bits per heavy atom. The Morgan fingerprint density at radius 1 is 0.559 bits per heavy atom. The lowest BCUT2D eigenvalue weighted by Crippen LogP contribution is -2.52. The first kappa shape index (κ1) is 21.7. The Kier molecular flexibility index (Phi) is 5.96. The van der Waals surface area contributed by atoms with Gasteiger partial charge in [-0.3, -0.25) is 9.59 Å². The van der Waals surface area contributed by atoms with Crippen molar-refractivity contribution < 1.29 is 19.4 Å². The van der Waals surface area contributed by atoms with Crippen molar-refractivity contribution in [2.75, 3.05) is 0 Å². The lowest BCUT2D eigenvalue weighted by atomic mass is 9.52. The molecule has 0 saturated heterocycles. The molecule has 1 fully saturated rings. The van der Waals surface area contributed by atoms with E-state index in [4.69, 9.17) is 4.74 Å². The number of carboxylic acid groups (broad SMARTS) is 1. The highest BCUT2D eigenvalue weighted by Gasteiger charge is 2.59. The van der Waals surface area contributed by atoms with E-state index in [0.29, 0.717) is 5.75 Å². The molecule has 1 saturated carbocycles. The number of carbonyl (C=O) groups excluding carboxylic acids is 1. The normalized spacial score (nSPS) is 21.3. The molecule has 168 valence electrons. The van der Waals surface area contributed by atoms with Crippen LogP contribution in [0.2, 0.25) is 0 Å². The molecule has 0 radical (unpaired) electrons. The highest BCUT2D eigenvalue weighted by atomic mass is 16.5. The number of esters is 1. The van der Waals surface area contributed by atoms with Crippen LogP contribution in [0.1, 0.15) is 23.0 Å². The first-order chi connectivity index (χ1) is 16.6. The van der Waals surface area contributed by atoms with E-state index in [1.54, 1.807) is 12.1 Å². The van der Waals surface area contributed by atoms with Crippen molar-refractivity contribution in [3.05, 3.63) is 126 Å². The summed E-state index contributed by atoms with van der Waals surface area (Å²) in [5.41, 5.74) is 3.78. The lowest BCUT2D eigenvalue weighted by Gasteiger charge is -2.48. The predicted octanol–water partition coefficient (Wildman–Crippen LogP) is 6.16. The molecule has 0 aromatic heterocycles. The molecule has 0 amide bonds. The summed E-state index contributed by atoms with van der Waals surface area (Å²) in [5.74, 6) is -3.09. The Labute approximate surface area is 198 Å². The van der Waals surface area contributed by atoms with Crippen LogP contribution in [0.3, 0.4) is 0 Å². The van der Waals surface area contributed by atoms with Gasteiger partial charge in [-0.15, -0.1) is 0 Å². The van der Waals surface area contributed by atoms with Crippen molar-refractivity contribution in [2.45, 2.75) is 11.8 Å². The second-order valence-electron chi connectivity index (χ2n) is 8.57. The summed E-state index contributed by atoms with van der Waals surface area (Å²) in [7, 11) is 0. The summed E-state index contributed by atoms with van der Waals surface area (Å²) in [6, 6.07) is 36.2. The highest BCUT2D eigenvalue weighted by molar-refractivity contribution is 5.85. The minimum atomic E-state index is -0.904. The van der Waals surface area contributed by atoms with Crippen LogP contribution in [0.4, 0.5) is 0 Å². The van der Waals surface area contributed by atoms with E-state index in [2.05, 4.69) is 0 Å². The van der Waals surface area contributed by atoms with Crippen LogP contribution in [0.25, 0.3) is 11.1 Å². The third-order valence-corrected chi connectivity index (χ3v) is 6.65. The van der Waals surface area contributed by atoms with Gasteiger partial charge >= 0.3 is 11.9 Å². The molecule has 1 aliphatic rings. The average molecular weight is 449 g/mol. The van der Waals surface area contributed by atoms with Gasteiger partial charge in [0.1, 0.15) is 5.75 Å². The maximum absolute atomic E-state index is 13.5. The van der Waals surface area contributed by atoms with Crippen LogP contribution in [-0.2, 0) is 9.59 Å². The topological polar surface area (TPSA) is 63.6 Å². The van der Waals surface area contributed by atoms with Gasteiger partial charge in [-0.2, -0.15) is 0 Å². The van der Waals surface area contributed by atoms with Crippen molar-refractivity contribution in [1.82, 2.24) is 0 Å². The number of hydrogen-bond donors (Lipinski definition) is 1. The van der Waals surface area contributed by atoms with Gasteiger partial charge in [0, 0.05) is 11.8 Å². The summed E-state index contributed by atoms with van der Waals surface area (Å²) < 4.78 is 5.81. The summed E-state index contributed by atoms with van der Waals surface area (Å²) in [5, 5.41) is 10.1. The summed E-state index contributed by atoms with van der Waals surface area (Å²) in [6.45, 7) is 0. The van der Waals surface area contributed by atoms with E-state index in [9.17, 15) is 14.7 Å². The van der Waals surface area contributed by atoms with Gasteiger partial charge in [-0.05, 0) is 34.4 Å². The van der Waals surface area contributed by atoms with Gasteiger partial charge in [-0.1, -0.05) is 103 Å². The number of rotatable bonds is 6. The van der Waals surface area contributed by atoms with Crippen molar-refractivity contribution >= 4 is 11.9 Å². The molecule has 5 rings (SSSR count). The van der Waals surface area contributed by atoms with Gasteiger partial charge in [0.25, 0.3) is 0 Å². The molecular formula is C30H24O4. The molecule has 0 bridgehead atoms. The van der Waals surface area contributed by atoms with Gasteiger partial charge < -0.3 is 9.84 Å². The van der Waals surface area contributed by atoms with Gasteiger partial charge in [-0.25, -0.2) is 0 Å². The van der Waals surface area contributed by atoms with Gasteiger partial charge in [0.05, 0.1) is 11.8 Å². The molecule has 4 heteroatoms. The molecule has 2 atom stereocenters. The zero-order valence-electron chi connectivity index (χ0n) is 18.5. The molecule has 0 aliphatic heterocycles. The largest absolute Gasteiger partial charge is 0.481 e. The van der Waals surface area contributed by atoms with E-state index >= 15 is 0 Å². The number of carbonyl (C=O) groups is 2. The van der Waals surface area contributed by atoms with Crippen molar-refractivity contribution in [2.24, 2.45) is 11.8 Å². The molecule has 0 unspecified atom stereocenters. The van der Waals surface area contributed by atoms with E-state index in [-0.39, 0.29) is 0 Å². The predicted molar refractivity (Wildman–Crippen MR) is 130 cm³/mol. The van der Waals surface area contributed by atoms with Crippen LogP contribution in [0.15, 0.2) is 115 Å². The smallest absolute Gasteiger partial charge is 0.315 e. The fraction of sp³-hybridized carbons (Fsp3) is 0.133. The molecule has 4 nitrogen and oxygen atoms in total. The third kappa shape index (κ3) is 4.11. The average Bonchev–Trinajstić information content (AvgIpc) is 2.85. The zero-order chi connectivity index (χ0) is 23.5. The van der Waals surface area contributed by atoms with Gasteiger partial charge in [0.15, 0.2) is 0 Å². The SMILES string of the molecule is O=C(O)C1[C@H](c2ccccc2)C(C(=O)Oc2ccc(-c3ccccc3)cc2)[C@H]1c1ccccc1. The Morgan fingerprint density at radius 3 is 1.47 bits per heavy atom. The molecule has 0 heterocycles. The number of benzene rings is 4. The van der Waals surface area contributed by atoms with Gasteiger partial charge in [0.2, 0.25) is 0 Å². The molecule has 0 spiro atoms. The van der Waals surface area contributed by atoms with Crippen molar-refractivity contribution in [3.8, 4) is 16.9 Å². The molecular weight excluding hydrogens is 424 g/mol. The summed E-state index contributed by atoms with van der Waals surface area (Å²) in [6.07, 6.45) is 0. The standard InChI is InChI=1S/C30H24O4/c31-29(32)27-25(22-12-6-2-7-13-22)28(26(27)23-14-8-3-9-15-23)30(33)34-24-18-16-21(17-19-24)20-10-4-1-5-11-20/h1-19,25-28H,(H,31,32)/t25-,26-,27?,28?/m0/s1. The molecule has 1 N–H and O–H groups in total. The summed E-state index contributed by atoms with van der Waals surface area (Å²) in [4.78, 5) is 25.8. The molecule has 4 aromatic rings. The monoisotopic (exact) mass is 448 g/mol. The Bertz CT molecular complexity index is 1220. The maximum atomic E-state index is 13.5. The highest BCUT2D eigenvalue weighted by Crippen LogP contribution is 2.58. The van der Waals surface area contributed by atoms with E-state index in [1.807, 2.05) is 103 Å². The second-order valence-corrected chi connectivity index (χ2v) is 8.57. The van der Waals surface area contributed by atoms with Crippen LogP contribution in [0, 0.1) is 11.8 Å². The zero-order valence-corrected chi connectivity index (χ0v) is 18.5. The van der Waals surface area contributed by atoms with Crippen LogP contribution in [0.5, 0.6) is 5.75 Å². The van der Waals surface area contributed by atoms with Crippen LogP contribution in [-0.4, -0.2) is 17.0 Å². The Balaban J connectivity index is 1.44. The third-order valence-electron chi connectivity index (χ3n) is 6.65. The lowest BCUT2D eigenvalue weighted by molar-refractivity contribution is -0.158. The van der Waals surface area contributed by atoms with Crippen molar-refractivity contribution in [1.29, 1.82) is 0 Å². The minimum Gasteiger partial charge on any atom is -0.481 e. The fourth-order valence-corrected chi connectivity index (χ4v) is 5.06. The van der Waals surface area contributed by atoms with E-state index in [1.165, 1.54) is 0 Å². The summed E-state index contributed by atoms with van der Waals surface area (Å²) >= 11 is 0. The fourth-order valence-electron chi connectivity index (χ4n) is 5.06. The molecule has 34 heavy (non-hydrogen) atoms. The molecule has 1 aliphatic carbocycles. The Hall–Kier alpha value is -4.18. The first-order valence-corrected chi connectivity index (χ1v) is 11.3. The number of ether oxygens (including phenoxy) is 1. The number of hydrogen-bond acceptors (Lipinski definition) is 3. The quantitative estimate of drug-likeness (QED) is 0.284.